The zero-order chi connectivity index (χ0) is 20.2. The molecule has 0 unspecified atom stereocenters. The standard InChI is InChI=1S/C20H18N2O6/c1-3-19(23)27-13-25-17-9-5-15(6-10-17)21-22-16-7-11-18(12-8-16)26-14-28-20(24)4-2/h3-12H,1-2,13-14H2/b22-21+. The Hall–Kier alpha value is -3.94. The third-order valence-electron chi connectivity index (χ3n) is 3.14. The van der Waals surface area contributed by atoms with Crippen LogP contribution in [0.15, 0.2) is 84.1 Å². The summed E-state index contributed by atoms with van der Waals surface area (Å²) in [6.07, 6.45) is 2.12. The first-order chi connectivity index (χ1) is 13.6. The van der Waals surface area contributed by atoms with E-state index in [0.717, 1.165) is 12.2 Å². The number of azo groups is 1. The molecule has 0 atom stereocenters. The molecule has 0 heterocycles. The van der Waals surface area contributed by atoms with E-state index in [1.807, 2.05) is 0 Å². The lowest BCUT2D eigenvalue weighted by Gasteiger charge is -2.06. The molecule has 0 saturated heterocycles. The van der Waals surface area contributed by atoms with Gasteiger partial charge in [-0.1, -0.05) is 13.2 Å². The van der Waals surface area contributed by atoms with Crippen LogP contribution in [-0.4, -0.2) is 25.5 Å². The van der Waals surface area contributed by atoms with Gasteiger partial charge in [0, 0.05) is 12.2 Å². The van der Waals surface area contributed by atoms with Crippen molar-refractivity contribution in [3.8, 4) is 11.5 Å². The number of rotatable bonds is 10. The number of hydrogen-bond acceptors (Lipinski definition) is 8. The summed E-state index contributed by atoms with van der Waals surface area (Å²) in [5, 5.41) is 8.23. The Labute approximate surface area is 161 Å². The van der Waals surface area contributed by atoms with Crippen LogP contribution in [0.4, 0.5) is 11.4 Å². The lowest BCUT2D eigenvalue weighted by Crippen LogP contribution is -2.07. The van der Waals surface area contributed by atoms with Crippen LogP contribution >= 0.6 is 0 Å². The van der Waals surface area contributed by atoms with E-state index in [-0.39, 0.29) is 13.6 Å². The quantitative estimate of drug-likeness (QED) is 0.264. The van der Waals surface area contributed by atoms with Crippen molar-refractivity contribution in [3.63, 3.8) is 0 Å². The van der Waals surface area contributed by atoms with Gasteiger partial charge in [-0.05, 0) is 48.5 Å². The number of carbonyl (C=O) groups is 2. The summed E-state index contributed by atoms with van der Waals surface area (Å²) in [6, 6.07) is 13.5. The van der Waals surface area contributed by atoms with Crippen molar-refractivity contribution in [1.29, 1.82) is 0 Å². The van der Waals surface area contributed by atoms with Crippen molar-refractivity contribution in [2.75, 3.05) is 13.6 Å². The smallest absolute Gasteiger partial charge is 0.333 e. The average molecular weight is 382 g/mol. The van der Waals surface area contributed by atoms with Gasteiger partial charge < -0.3 is 18.9 Å². The predicted octanol–water partition coefficient (Wildman–Crippen LogP) is 4.23. The SMILES string of the molecule is C=CC(=O)OCOc1ccc(/N=N/c2ccc(OCOC(=O)C=C)cc2)cc1. The fraction of sp³-hybridized carbons (Fsp3) is 0.100. The second-order valence-electron chi connectivity index (χ2n) is 5.05. The second-order valence-corrected chi connectivity index (χ2v) is 5.05. The predicted molar refractivity (Wildman–Crippen MR) is 101 cm³/mol. The summed E-state index contributed by atoms with van der Waals surface area (Å²) in [5.74, 6) is -0.0665. The van der Waals surface area contributed by atoms with Crippen LogP contribution < -0.4 is 9.47 Å². The molecule has 0 spiro atoms. The van der Waals surface area contributed by atoms with Crippen molar-refractivity contribution >= 4 is 23.3 Å². The zero-order valence-corrected chi connectivity index (χ0v) is 14.9. The van der Waals surface area contributed by atoms with Gasteiger partial charge in [0.1, 0.15) is 11.5 Å². The van der Waals surface area contributed by atoms with Gasteiger partial charge >= 0.3 is 11.9 Å². The van der Waals surface area contributed by atoms with Gasteiger partial charge in [-0.15, -0.1) is 0 Å². The molecule has 2 aromatic rings. The first-order valence-corrected chi connectivity index (χ1v) is 8.06. The molecule has 144 valence electrons. The van der Waals surface area contributed by atoms with E-state index >= 15 is 0 Å². The summed E-state index contributed by atoms with van der Waals surface area (Å²) in [4.78, 5) is 21.8. The Balaban J connectivity index is 1.82. The molecule has 0 radical (unpaired) electrons. The molecule has 0 amide bonds. The molecule has 0 aliphatic carbocycles. The molecule has 8 heteroatoms. The van der Waals surface area contributed by atoms with Gasteiger partial charge in [-0.25, -0.2) is 9.59 Å². The highest BCUT2D eigenvalue weighted by Gasteiger charge is 1.99. The number of hydrogen-bond donors (Lipinski definition) is 0. The molecule has 0 saturated carbocycles. The minimum atomic E-state index is -0.556. The summed E-state index contributed by atoms with van der Waals surface area (Å²) < 4.78 is 19.9. The van der Waals surface area contributed by atoms with Crippen LogP contribution in [0, 0.1) is 0 Å². The Morgan fingerprint density at radius 1 is 0.714 bits per heavy atom. The van der Waals surface area contributed by atoms with Gasteiger partial charge in [0.05, 0.1) is 11.4 Å². The molecule has 2 rings (SSSR count). The highest BCUT2D eigenvalue weighted by Crippen LogP contribution is 2.23. The van der Waals surface area contributed by atoms with Crippen LogP contribution in [-0.2, 0) is 19.1 Å². The molecule has 0 N–H and O–H groups in total. The monoisotopic (exact) mass is 382 g/mol. The van der Waals surface area contributed by atoms with E-state index in [1.54, 1.807) is 48.5 Å². The van der Waals surface area contributed by atoms with Crippen molar-refractivity contribution < 1.29 is 28.5 Å². The maximum atomic E-state index is 10.9. The first-order valence-electron chi connectivity index (χ1n) is 8.06. The molecule has 2 aromatic carbocycles. The van der Waals surface area contributed by atoms with Gasteiger partial charge in [0.25, 0.3) is 0 Å². The molecule has 0 aromatic heterocycles. The highest BCUT2D eigenvalue weighted by molar-refractivity contribution is 5.81. The molecule has 8 nitrogen and oxygen atoms in total. The molecule has 0 aliphatic heterocycles. The average Bonchev–Trinajstić information content (AvgIpc) is 2.73. The number of esters is 2. The maximum absolute atomic E-state index is 10.9. The van der Waals surface area contributed by atoms with Crippen LogP contribution in [0.1, 0.15) is 0 Å². The van der Waals surface area contributed by atoms with Crippen molar-refractivity contribution in [3.05, 3.63) is 73.8 Å². The fourth-order valence-corrected chi connectivity index (χ4v) is 1.76. The molecular formula is C20H18N2O6. The van der Waals surface area contributed by atoms with E-state index in [1.165, 1.54) is 0 Å². The molecular weight excluding hydrogens is 364 g/mol. The minimum absolute atomic E-state index is 0.201. The minimum Gasteiger partial charge on any atom is -0.457 e. The second kappa shape index (κ2) is 10.9. The number of carbonyl (C=O) groups excluding carboxylic acids is 2. The normalized spacial score (nSPS) is 10.1. The summed E-state index contributed by atoms with van der Waals surface area (Å²) in [7, 11) is 0. The lowest BCUT2D eigenvalue weighted by atomic mass is 10.3. The maximum Gasteiger partial charge on any atom is 0.333 e. The van der Waals surface area contributed by atoms with Crippen molar-refractivity contribution in [1.82, 2.24) is 0 Å². The van der Waals surface area contributed by atoms with Crippen LogP contribution in [0.2, 0.25) is 0 Å². The van der Waals surface area contributed by atoms with E-state index < -0.39 is 11.9 Å². The molecule has 0 aliphatic rings. The van der Waals surface area contributed by atoms with Crippen LogP contribution in [0.25, 0.3) is 0 Å². The number of nitrogens with zero attached hydrogens (tertiary/aromatic N) is 2. The zero-order valence-electron chi connectivity index (χ0n) is 14.9. The number of ether oxygens (including phenoxy) is 4. The van der Waals surface area contributed by atoms with Crippen molar-refractivity contribution in [2.24, 2.45) is 10.2 Å². The van der Waals surface area contributed by atoms with E-state index in [9.17, 15) is 9.59 Å². The summed E-state index contributed by atoms with van der Waals surface area (Å²) in [5.41, 5.74) is 1.24. The Bertz CT molecular complexity index is 773. The van der Waals surface area contributed by atoms with Crippen molar-refractivity contribution in [2.45, 2.75) is 0 Å². The lowest BCUT2D eigenvalue weighted by molar-refractivity contribution is -0.145. The Kier molecular flexibility index (Phi) is 7.94. The third-order valence-corrected chi connectivity index (χ3v) is 3.14. The van der Waals surface area contributed by atoms with Gasteiger partial charge in [-0.3, -0.25) is 0 Å². The van der Waals surface area contributed by atoms with E-state index in [0.29, 0.717) is 22.9 Å². The van der Waals surface area contributed by atoms with E-state index in [2.05, 4.69) is 23.4 Å². The van der Waals surface area contributed by atoms with Gasteiger partial charge in [-0.2, -0.15) is 10.2 Å². The largest absolute Gasteiger partial charge is 0.457 e. The highest BCUT2D eigenvalue weighted by atomic mass is 16.7. The molecule has 28 heavy (non-hydrogen) atoms. The third kappa shape index (κ3) is 7.12. The topological polar surface area (TPSA) is 95.8 Å². The Morgan fingerprint density at radius 2 is 1.07 bits per heavy atom. The van der Waals surface area contributed by atoms with Gasteiger partial charge in [0.2, 0.25) is 13.6 Å². The van der Waals surface area contributed by atoms with E-state index in [4.69, 9.17) is 18.9 Å². The summed E-state index contributed by atoms with van der Waals surface area (Å²) in [6.45, 7) is 6.18. The summed E-state index contributed by atoms with van der Waals surface area (Å²) >= 11 is 0. The van der Waals surface area contributed by atoms with Crippen LogP contribution in [0.5, 0.6) is 11.5 Å². The Morgan fingerprint density at radius 3 is 1.39 bits per heavy atom. The molecule has 0 fully saturated rings. The first kappa shape index (κ1) is 20.4. The van der Waals surface area contributed by atoms with Gasteiger partial charge in [0.15, 0.2) is 0 Å². The fourth-order valence-electron chi connectivity index (χ4n) is 1.76. The molecule has 0 bridgehead atoms. The van der Waals surface area contributed by atoms with Crippen LogP contribution in [0.3, 0.4) is 0 Å². The number of benzene rings is 2.